The summed E-state index contributed by atoms with van der Waals surface area (Å²) in [7, 11) is 0. The molecule has 150 valence electrons. The molecule has 4 heterocycles. The number of carbonyl (C=O) groups is 1. The number of ether oxygens (including phenoxy) is 2. The summed E-state index contributed by atoms with van der Waals surface area (Å²) in [6.45, 7) is 5.42. The Balaban J connectivity index is 1.46. The minimum absolute atomic E-state index is 0.119. The number of hydrogen-bond acceptors (Lipinski definition) is 6. The lowest BCUT2D eigenvalue weighted by Gasteiger charge is -2.31. The minimum atomic E-state index is -0.489. The van der Waals surface area contributed by atoms with Gasteiger partial charge in [-0.1, -0.05) is 6.07 Å². The lowest BCUT2D eigenvalue weighted by Crippen LogP contribution is -2.35. The van der Waals surface area contributed by atoms with Crippen LogP contribution in [0, 0.1) is 0 Å². The van der Waals surface area contributed by atoms with Gasteiger partial charge in [-0.15, -0.1) is 0 Å². The topological polar surface area (TPSA) is 89.1 Å². The summed E-state index contributed by atoms with van der Waals surface area (Å²) in [5.41, 5.74) is 2.89. The van der Waals surface area contributed by atoms with Crippen LogP contribution < -0.4 is 10.1 Å². The summed E-state index contributed by atoms with van der Waals surface area (Å²) in [5.74, 6) is 1.38. The van der Waals surface area contributed by atoms with Crippen LogP contribution in [0.5, 0.6) is 5.75 Å². The zero-order chi connectivity index (χ0) is 20.0. The van der Waals surface area contributed by atoms with Crippen LogP contribution in [0.25, 0.3) is 22.2 Å². The van der Waals surface area contributed by atoms with Crippen molar-refractivity contribution in [1.82, 2.24) is 15.0 Å². The zero-order valence-corrected chi connectivity index (χ0v) is 16.6. The third-order valence-corrected chi connectivity index (χ3v) is 5.55. The Morgan fingerprint density at radius 2 is 2.03 bits per heavy atom. The van der Waals surface area contributed by atoms with Crippen LogP contribution in [-0.4, -0.2) is 45.6 Å². The van der Waals surface area contributed by atoms with Crippen molar-refractivity contribution in [2.75, 3.05) is 18.5 Å². The Kier molecular flexibility index (Phi) is 4.28. The lowest BCUT2D eigenvalue weighted by atomic mass is 9.91. The molecular weight excluding hydrogens is 368 g/mol. The van der Waals surface area contributed by atoms with E-state index in [0.29, 0.717) is 29.7 Å². The van der Waals surface area contributed by atoms with Gasteiger partial charge in [0.25, 0.3) is 0 Å². The molecule has 7 heteroatoms. The van der Waals surface area contributed by atoms with Crippen molar-refractivity contribution >= 4 is 22.8 Å². The van der Waals surface area contributed by atoms with E-state index in [4.69, 9.17) is 9.47 Å². The van der Waals surface area contributed by atoms with Gasteiger partial charge >= 0.3 is 0 Å². The Morgan fingerprint density at radius 1 is 1.21 bits per heavy atom. The summed E-state index contributed by atoms with van der Waals surface area (Å²) >= 11 is 0. The standard InChI is InChI=1S/C22H24N4O3/c1-22(2)10-18(27)15-4-3-13(9-19(15)29-22)16-11-23-20-17(16)12-24-21(26-20)25-14-5-7-28-8-6-14/h3-4,9,11-12,14H,5-8,10H2,1-2H3,(H2,23,24,25,26). The lowest BCUT2D eigenvalue weighted by molar-refractivity contribution is 0.0620. The van der Waals surface area contributed by atoms with E-state index in [1.807, 2.05) is 44.4 Å². The monoisotopic (exact) mass is 392 g/mol. The number of ketones is 1. The van der Waals surface area contributed by atoms with Gasteiger partial charge in [0.15, 0.2) is 5.78 Å². The van der Waals surface area contributed by atoms with Gasteiger partial charge in [-0.05, 0) is 44.4 Å². The first kappa shape index (κ1) is 18.1. The second-order valence-electron chi connectivity index (χ2n) is 8.36. The van der Waals surface area contributed by atoms with E-state index in [1.54, 1.807) is 0 Å². The maximum atomic E-state index is 12.4. The van der Waals surface area contributed by atoms with Crippen molar-refractivity contribution in [1.29, 1.82) is 0 Å². The van der Waals surface area contributed by atoms with E-state index >= 15 is 0 Å². The summed E-state index contributed by atoms with van der Waals surface area (Å²) in [6, 6.07) is 6.08. The molecule has 1 saturated heterocycles. The van der Waals surface area contributed by atoms with Gasteiger partial charge in [-0.2, -0.15) is 4.98 Å². The van der Waals surface area contributed by atoms with E-state index in [-0.39, 0.29) is 5.78 Å². The molecule has 2 aromatic heterocycles. The largest absolute Gasteiger partial charge is 0.487 e. The van der Waals surface area contributed by atoms with Crippen LogP contribution in [0.1, 0.15) is 43.5 Å². The van der Waals surface area contributed by atoms with Crippen molar-refractivity contribution in [3.05, 3.63) is 36.2 Å². The predicted octanol–water partition coefficient (Wildman–Crippen LogP) is 3.96. The molecule has 2 N–H and O–H groups in total. The fourth-order valence-electron chi connectivity index (χ4n) is 4.06. The molecule has 0 spiro atoms. The van der Waals surface area contributed by atoms with E-state index in [2.05, 4.69) is 20.3 Å². The van der Waals surface area contributed by atoms with Gasteiger partial charge in [0.05, 0.1) is 12.0 Å². The highest BCUT2D eigenvalue weighted by atomic mass is 16.5. The first-order chi connectivity index (χ1) is 14.0. The average Bonchev–Trinajstić information content (AvgIpc) is 3.10. The van der Waals surface area contributed by atoms with Crippen LogP contribution in [0.4, 0.5) is 5.95 Å². The molecule has 0 aliphatic carbocycles. The first-order valence-electron chi connectivity index (χ1n) is 10.0. The van der Waals surface area contributed by atoms with Crippen molar-refractivity contribution < 1.29 is 14.3 Å². The number of Topliss-reactive ketones (excluding diaryl/α,β-unsaturated/α-hetero) is 1. The third-order valence-electron chi connectivity index (χ3n) is 5.55. The number of carbonyl (C=O) groups excluding carboxylic acids is 1. The van der Waals surface area contributed by atoms with Crippen LogP contribution in [0.2, 0.25) is 0 Å². The molecule has 0 bridgehead atoms. The second-order valence-corrected chi connectivity index (χ2v) is 8.36. The smallest absolute Gasteiger partial charge is 0.224 e. The molecule has 2 aliphatic rings. The summed E-state index contributed by atoms with van der Waals surface area (Å²) in [4.78, 5) is 24.8. The number of nitrogens with zero attached hydrogens (tertiary/aromatic N) is 2. The van der Waals surface area contributed by atoms with Gasteiger partial charge in [-0.3, -0.25) is 4.79 Å². The van der Waals surface area contributed by atoms with Gasteiger partial charge in [-0.25, -0.2) is 4.98 Å². The molecule has 3 aromatic rings. The molecule has 0 saturated carbocycles. The van der Waals surface area contributed by atoms with Crippen molar-refractivity contribution in [2.24, 2.45) is 0 Å². The van der Waals surface area contributed by atoms with Gasteiger partial charge in [0, 0.05) is 42.6 Å². The number of hydrogen-bond donors (Lipinski definition) is 2. The fraction of sp³-hybridized carbons (Fsp3) is 0.409. The number of aromatic amines is 1. The van der Waals surface area contributed by atoms with Crippen molar-refractivity contribution in [3.63, 3.8) is 0 Å². The Bertz CT molecular complexity index is 1080. The third kappa shape index (κ3) is 3.46. The molecule has 0 unspecified atom stereocenters. The Labute approximate surface area is 168 Å². The molecule has 2 aliphatic heterocycles. The fourth-order valence-corrected chi connectivity index (χ4v) is 4.06. The minimum Gasteiger partial charge on any atom is -0.487 e. The number of nitrogens with one attached hydrogen (secondary N) is 2. The molecule has 0 amide bonds. The quantitative estimate of drug-likeness (QED) is 0.701. The van der Waals surface area contributed by atoms with E-state index in [1.165, 1.54) is 0 Å². The van der Waals surface area contributed by atoms with Gasteiger partial charge in [0.2, 0.25) is 5.95 Å². The zero-order valence-electron chi connectivity index (χ0n) is 16.6. The molecule has 5 rings (SSSR count). The number of fused-ring (bicyclic) bond motifs is 2. The number of aromatic nitrogens is 3. The van der Waals surface area contributed by atoms with Crippen LogP contribution in [0.15, 0.2) is 30.6 Å². The summed E-state index contributed by atoms with van der Waals surface area (Å²) in [6.07, 6.45) is 6.08. The molecule has 1 aromatic carbocycles. The van der Waals surface area contributed by atoms with E-state index < -0.39 is 5.60 Å². The predicted molar refractivity (Wildman–Crippen MR) is 110 cm³/mol. The highest BCUT2D eigenvalue weighted by Crippen LogP contribution is 2.37. The molecule has 0 atom stereocenters. The molecule has 29 heavy (non-hydrogen) atoms. The van der Waals surface area contributed by atoms with Gasteiger partial charge < -0.3 is 19.8 Å². The number of benzene rings is 1. The Morgan fingerprint density at radius 3 is 2.86 bits per heavy atom. The molecular formula is C22H24N4O3. The van der Waals surface area contributed by atoms with E-state index in [9.17, 15) is 4.79 Å². The van der Waals surface area contributed by atoms with Crippen LogP contribution in [0.3, 0.4) is 0 Å². The average molecular weight is 392 g/mol. The number of rotatable bonds is 3. The van der Waals surface area contributed by atoms with E-state index in [0.717, 1.165) is 48.2 Å². The maximum Gasteiger partial charge on any atom is 0.224 e. The van der Waals surface area contributed by atoms with Crippen LogP contribution >= 0.6 is 0 Å². The van der Waals surface area contributed by atoms with Crippen LogP contribution in [-0.2, 0) is 4.74 Å². The number of H-pyrrole nitrogens is 1. The number of anilines is 1. The molecule has 0 radical (unpaired) electrons. The van der Waals surface area contributed by atoms with Crippen molar-refractivity contribution in [3.8, 4) is 16.9 Å². The second kappa shape index (κ2) is 6.84. The van der Waals surface area contributed by atoms with Crippen molar-refractivity contribution in [2.45, 2.75) is 44.8 Å². The maximum absolute atomic E-state index is 12.4. The molecule has 1 fully saturated rings. The first-order valence-corrected chi connectivity index (χ1v) is 10.0. The summed E-state index contributed by atoms with van der Waals surface area (Å²) in [5, 5.41) is 4.33. The highest BCUT2D eigenvalue weighted by molar-refractivity contribution is 6.02. The Hall–Kier alpha value is -2.93. The summed E-state index contributed by atoms with van der Waals surface area (Å²) < 4.78 is 11.5. The highest BCUT2D eigenvalue weighted by Gasteiger charge is 2.32. The SMILES string of the molecule is CC1(C)CC(=O)c2ccc(-c3c[nH]c4nc(NC5CCOCC5)ncc34)cc2O1. The normalized spacial score (nSPS) is 19.0. The van der Waals surface area contributed by atoms with Gasteiger partial charge in [0.1, 0.15) is 17.0 Å². The molecule has 7 nitrogen and oxygen atoms in total.